The molecule has 0 atom stereocenters. The molecule has 0 unspecified atom stereocenters. The molecule has 7 nitrogen and oxygen atoms in total. The molecule has 1 saturated heterocycles. The average Bonchev–Trinajstić information content (AvgIpc) is 2.91. The van der Waals surface area contributed by atoms with Crippen molar-refractivity contribution in [2.24, 2.45) is 5.73 Å². The Hall–Kier alpha value is -3.65. The lowest BCUT2D eigenvalue weighted by atomic mass is 10.00. The third-order valence-corrected chi connectivity index (χ3v) is 6.32. The van der Waals surface area contributed by atoms with E-state index in [-0.39, 0.29) is 11.3 Å². The van der Waals surface area contributed by atoms with Crippen LogP contribution in [-0.2, 0) is 6.54 Å². The Morgan fingerprint density at radius 3 is 2.40 bits per heavy atom. The number of nitrogens with zero attached hydrogens (tertiary/aromatic N) is 3. The Morgan fingerprint density at radius 2 is 1.69 bits per heavy atom. The number of benzene rings is 3. The molecular formula is C27H26ClN5O2. The number of halogens is 1. The van der Waals surface area contributed by atoms with E-state index in [4.69, 9.17) is 22.1 Å². The summed E-state index contributed by atoms with van der Waals surface area (Å²) >= 11 is 6.03. The van der Waals surface area contributed by atoms with E-state index >= 15 is 0 Å². The van der Waals surface area contributed by atoms with Crippen molar-refractivity contribution in [3.05, 3.63) is 99.9 Å². The van der Waals surface area contributed by atoms with E-state index in [9.17, 15) is 4.79 Å². The van der Waals surface area contributed by atoms with Crippen LogP contribution in [0.15, 0.2) is 83.8 Å². The van der Waals surface area contributed by atoms with Crippen LogP contribution in [0.5, 0.6) is 11.5 Å². The lowest BCUT2D eigenvalue weighted by Crippen LogP contribution is -2.44. The molecule has 0 aliphatic carbocycles. The van der Waals surface area contributed by atoms with Crippen molar-refractivity contribution in [1.29, 1.82) is 0 Å². The lowest BCUT2D eigenvalue weighted by molar-refractivity contribution is 0.463. The monoisotopic (exact) mass is 487 g/mol. The van der Waals surface area contributed by atoms with E-state index in [1.165, 1.54) is 4.68 Å². The van der Waals surface area contributed by atoms with Gasteiger partial charge in [0.15, 0.2) is 0 Å². The van der Waals surface area contributed by atoms with Gasteiger partial charge in [0.25, 0.3) is 0 Å². The number of nitrogens with two attached hydrogens (primary N) is 1. The number of hydrogen-bond acceptors (Lipinski definition) is 6. The average molecular weight is 488 g/mol. The van der Waals surface area contributed by atoms with Crippen molar-refractivity contribution in [3.8, 4) is 28.3 Å². The van der Waals surface area contributed by atoms with Crippen molar-refractivity contribution >= 4 is 17.3 Å². The van der Waals surface area contributed by atoms with Crippen molar-refractivity contribution < 1.29 is 4.74 Å². The number of piperazine rings is 1. The zero-order valence-corrected chi connectivity index (χ0v) is 19.9. The molecule has 3 aromatic carbocycles. The van der Waals surface area contributed by atoms with Gasteiger partial charge >= 0.3 is 5.56 Å². The van der Waals surface area contributed by atoms with Gasteiger partial charge in [0, 0.05) is 37.7 Å². The van der Waals surface area contributed by atoms with Gasteiger partial charge in [0.1, 0.15) is 11.4 Å². The van der Waals surface area contributed by atoms with E-state index in [1.54, 1.807) is 30.5 Å². The zero-order chi connectivity index (χ0) is 24.2. The summed E-state index contributed by atoms with van der Waals surface area (Å²) in [5, 5.41) is 8.36. The largest absolute Gasteiger partial charge is 0.449 e. The standard InChI is InChI=1S/C27H26ClN5O2/c28-21-7-9-22(10-8-21)33-27(34)26(25(18-31-33)32-15-13-30-14-16-32)35-23-11-5-19(6-12-23)24-4-2-1-3-20(24)17-29/h1-12,18,30H,13-17,29H2. The SMILES string of the molecule is NCc1ccccc1-c1ccc(Oc2c(N3CCNCC3)cnn(-c3ccc(Cl)cc3)c2=O)cc1. The summed E-state index contributed by atoms with van der Waals surface area (Å²) in [6.07, 6.45) is 1.70. The molecule has 8 heteroatoms. The lowest BCUT2D eigenvalue weighted by Gasteiger charge is -2.30. The minimum atomic E-state index is -0.332. The maximum absolute atomic E-state index is 13.6. The highest BCUT2D eigenvalue weighted by Gasteiger charge is 2.21. The van der Waals surface area contributed by atoms with Gasteiger partial charge in [-0.1, -0.05) is 48.0 Å². The van der Waals surface area contributed by atoms with Crippen LogP contribution < -0.4 is 26.2 Å². The van der Waals surface area contributed by atoms with Gasteiger partial charge in [-0.3, -0.25) is 4.79 Å². The Kier molecular flexibility index (Phi) is 6.81. The number of nitrogens with one attached hydrogen (secondary N) is 1. The Morgan fingerprint density at radius 1 is 0.971 bits per heavy atom. The maximum atomic E-state index is 13.6. The van der Waals surface area contributed by atoms with Crippen LogP contribution >= 0.6 is 11.6 Å². The summed E-state index contributed by atoms with van der Waals surface area (Å²) in [6, 6.07) is 22.7. The van der Waals surface area contributed by atoms with Crippen molar-refractivity contribution in [1.82, 2.24) is 15.1 Å². The third-order valence-electron chi connectivity index (χ3n) is 6.07. The number of rotatable bonds is 6. The fourth-order valence-electron chi connectivity index (χ4n) is 4.22. The number of anilines is 1. The molecule has 4 aromatic rings. The number of aromatic nitrogens is 2. The molecule has 3 N–H and O–H groups in total. The molecule has 0 spiro atoms. The summed E-state index contributed by atoms with van der Waals surface area (Å²) in [4.78, 5) is 15.7. The first-order chi connectivity index (χ1) is 17.1. The topological polar surface area (TPSA) is 85.4 Å². The Balaban J connectivity index is 1.52. The fourth-order valence-corrected chi connectivity index (χ4v) is 4.35. The summed E-state index contributed by atoms with van der Waals surface area (Å²) in [7, 11) is 0. The smallest absolute Gasteiger partial charge is 0.316 e. The first-order valence-electron chi connectivity index (χ1n) is 11.5. The molecule has 1 aliphatic heterocycles. The Labute approximate surface area is 208 Å². The second-order valence-corrected chi connectivity index (χ2v) is 8.71. The molecule has 1 fully saturated rings. The number of hydrogen-bond donors (Lipinski definition) is 2. The molecule has 35 heavy (non-hydrogen) atoms. The molecule has 1 aliphatic rings. The molecule has 5 rings (SSSR count). The molecule has 0 bridgehead atoms. The fraction of sp³-hybridized carbons (Fsp3) is 0.185. The summed E-state index contributed by atoms with van der Waals surface area (Å²) < 4.78 is 7.58. The quantitative estimate of drug-likeness (QED) is 0.423. The third kappa shape index (κ3) is 4.93. The minimum absolute atomic E-state index is 0.243. The molecule has 0 radical (unpaired) electrons. The van der Waals surface area contributed by atoms with Crippen LogP contribution in [0.1, 0.15) is 5.56 Å². The van der Waals surface area contributed by atoms with Crippen LogP contribution in [0.2, 0.25) is 5.02 Å². The van der Waals surface area contributed by atoms with Crippen LogP contribution in [0, 0.1) is 0 Å². The predicted octanol–water partition coefficient (Wildman–Crippen LogP) is 4.21. The first kappa shape index (κ1) is 23.1. The van der Waals surface area contributed by atoms with Gasteiger partial charge < -0.3 is 20.7 Å². The van der Waals surface area contributed by atoms with Crippen molar-refractivity contribution in [2.75, 3.05) is 31.1 Å². The highest BCUT2D eigenvalue weighted by molar-refractivity contribution is 6.30. The van der Waals surface area contributed by atoms with E-state index in [1.807, 2.05) is 48.5 Å². The normalized spacial score (nSPS) is 13.6. The van der Waals surface area contributed by atoms with Crippen LogP contribution in [0.3, 0.4) is 0 Å². The van der Waals surface area contributed by atoms with Crippen LogP contribution in [0.25, 0.3) is 16.8 Å². The summed E-state index contributed by atoms with van der Waals surface area (Å²) in [5.74, 6) is 0.813. The van der Waals surface area contributed by atoms with Gasteiger partial charge in [0.2, 0.25) is 5.75 Å². The van der Waals surface area contributed by atoms with E-state index in [2.05, 4.69) is 15.3 Å². The number of ether oxygens (including phenoxy) is 1. The molecule has 0 amide bonds. The van der Waals surface area contributed by atoms with Gasteiger partial charge in [-0.15, -0.1) is 0 Å². The molecule has 2 heterocycles. The maximum Gasteiger partial charge on any atom is 0.316 e. The highest BCUT2D eigenvalue weighted by atomic mass is 35.5. The van der Waals surface area contributed by atoms with Crippen molar-refractivity contribution in [3.63, 3.8) is 0 Å². The summed E-state index contributed by atoms with van der Waals surface area (Å²) in [5.41, 5.74) is 10.1. The van der Waals surface area contributed by atoms with E-state index in [0.29, 0.717) is 28.7 Å². The van der Waals surface area contributed by atoms with E-state index < -0.39 is 0 Å². The zero-order valence-electron chi connectivity index (χ0n) is 19.2. The molecule has 0 saturated carbocycles. The first-order valence-corrected chi connectivity index (χ1v) is 11.9. The second-order valence-electron chi connectivity index (χ2n) is 8.28. The van der Waals surface area contributed by atoms with Crippen LogP contribution in [0.4, 0.5) is 5.69 Å². The second kappa shape index (κ2) is 10.3. The minimum Gasteiger partial charge on any atom is -0.449 e. The van der Waals surface area contributed by atoms with Gasteiger partial charge in [0.05, 0.1) is 11.9 Å². The van der Waals surface area contributed by atoms with E-state index in [0.717, 1.165) is 42.9 Å². The molecular weight excluding hydrogens is 462 g/mol. The van der Waals surface area contributed by atoms with Crippen molar-refractivity contribution in [2.45, 2.75) is 6.54 Å². The van der Waals surface area contributed by atoms with Gasteiger partial charge in [-0.05, 0) is 53.1 Å². The summed E-state index contributed by atoms with van der Waals surface area (Å²) in [6.45, 7) is 3.64. The Bertz CT molecular complexity index is 1360. The van der Waals surface area contributed by atoms with Gasteiger partial charge in [-0.2, -0.15) is 9.78 Å². The van der Waals surface area contributed by atoms with Gasteiger partial charge in [-0.25, -0.2) is 0 Å². The molecule has 1 aromatic heterocycles. The molecule has 178 valence electrons. The highest BCUT2D eigenvalue weighted by Crippen LogP contribution is 2.31. The van der Waals surface area contributed by atoms with Crippen LogP contribution in [-0.4, -0.2) is 36.0 Å². The predicted molar refractivity (Wildman–Crippen MR) is 140 cm³/mol.